The molecule has 0 spiro atoms. The number of anilines is 3. The first-order valence-electron chi connectivity index (χ1n) is 8.56. The van der Waals surface area contributed by atoms with Gasteiger partial charge in [-0.2, -0.15) is 0 Å². The number of thiazole rings is 1. The zero-order valence-corrected chi connectivity index (χ0v) is 16.4. The highest BCUT2D eigenvalue weighted by Gasteiger charge is 2.14. The summed E-state index contributed by atoms with van der Waals surface area (Å²) in [6.45, 7) is 0. The van der Waals surface area contributed by atoms with Gasteiger partial charge in [-0.1, -0.05) is 48.5 Å². The third-order valence-electron chi connectivity index (χ3n) is 4.02. The highest BCUT2D eigenvalue weighted by Crippen LogP contribution is 2.28. The van der Waals surface area contributed by atoms with E-state index < -0.39 is 10.0 Å². The fourth-order valence-electron chi connectivity index (χ4n) is 2.63. The maximum absolute atomic E-state index is 12.5. The number of aromatic nitrogens is 1. The Kier molecular flexibility index (Phi) is 5.10. The topological polar surface area (TPSA) is 71.1 Å². The molecule has 0 bridgehead atoms. The lowest BCUT2D eigenvalue weighted by molar-refractivity contribution is 0.601. The first-order chi connectivity index (χ1) is 13.6. The molecule has 0 amide bonds. The van der Waals surface area contributed by atoms with Crippen molar-refractivity contribution in [2.24, 2.45) is 0 Å². The van der Waals surface area contributed by atoms with Crippen LogP contribution in [0.15, 0.2) is 95.2 Å². The molecule has 1 heterocycles. The van der Waals surface area contributed by atoms with Crippen molar-refractivity contribution >= 4 is 37.9 Å². The van der Waals surface area contributed by atoms with Gasteiger partial charge in [-0.3, -0.25) is 4.72 Å². The molecule has 4 rings (SSSR count). The molecular weight excluding hydrogens is 390 g/mol. The van der Waals surface area contributed by atoms with Crippen molar-refractivity contribution in [2.75, 3.05) is 10.0 Å². The number of nitrogens with zero attached hydrogens (tertiary/aromatic N) is 1. The molecule has 1 aromatic heterocycles. The quantitative estimate of drug-likeness (QED) is 0.452. The summed E-state index contributed by atoms with van der Waals surface area (Å²) in [7, 11) is -3.63. The summed E-state index contributed by atoms with van der Waals surface area (Å²) in [5, 5.41) is 5.98. The van der Waals surface area contributed by atoms with Gasteiger partial charge < -0.3 is 5.32 Å². The van der Waals surface area contributed by atoms with Gasteiger partial charge in [-0.25, -0.2) is 13.4 Å². The molecule has 0 aliphatic rings. The fraction of sp³-hybridized carbons (Fsp3) is 0. The van der Waals surface area contributed by atoms with Crippen LogP contribution in [0, 0.1) is 0 Å². The minimum absolute atomic E-state index is 0.206. The Morgan fingerprint density at radius 1 is 0.750 bits per heavy atom. The van der Waals surface area contributed by atoms with Gasteiger partial charge in [-0.15, -0.1) is 11.3 Å². The Bertz CT molecular complexity index is 1160. The van der Waals surface area contributed by atoms with Crippen molar-refractivity contribution < 1.29 is 8.42 Å². The zero-order chi connectivity index (χ0) is 19.4. The minimum atomic E-state index is -3.63. The average Bonchev–Trinajstić information content (AvgIpc) is 3.18. The van der Waals surface area contributed by atoms with E-state index in [1.54, 1.807) is 48.5 Å². The second-order valence-corrected chi connectivity index (χ2v) is 8.57. The maximum atomic E-state index is 12.5. The van der Waals surface area contributed by atoms with Crippen LogP contribution in [-0.4, -0.2) is 13.4 Å². The standard InChI is InChI=1S/C21H17N3O2S2/c25-28(26,24-18-9-5-2-6-10-18)19-13-11-16(12-14-19)20-15-27-21(23-20)22-17-7-3-1-4-8-17/h1-15,24H,(H,22,23). The van der Waals surface area contributed by atoms with Crippen LogP contribution in [0.25, 0.3) is 11.3 Å². The van der Waals surface area contributed by atoms with Gasteiger partial charge in [0.05, 0.1) is 10.6 Å². The van der Waals surface area contributed by atoms with Crippen LogP contribution in [0.2, 0.25) is 0 Å². The molecule has 0 saturated carbocycles. The number of nitrogens with one attached hydrogen (secondary N) is 2. The summed E-state index contributed by atoms with van der Waals surface area (Å²) < 4.78 is 27.6. The van der Waals surface area contributed by atoms with E-state index in [1.807, 2.05) is 41.8 Å². The van der Waals surface area contributed by atoms with E-state index in [9.17, 15) is 8.42 Å². The predicted octanol–water partition coefficient (Wildman–Crippen LogP) is 5.35. The van der Waals surface area contributed by atoms with Gasteiger partial charge in [0, 0.05) is 22.3 Å². The maximum Gasteiger partial charge on any atom is 0.261 e. The van der Waals surface area contributed by atoms with Crippen molar-refractivity contribution in [3.63, 3.8) is 0 Å². The summed E-state index contributed by atoms with van der Waals surface area (Å²) >= 11 is 1.50. The molecule has 0 aliphatic heterocycles. The van der Waals surface area contributed by atoms with E-state index in [0.29, 0.717) is 5.69 Å². The molecule has 5 nitrogen and oxygen atoms in total. The van der Waals surface area contributed by atoms with E-state index in [2.05, 4.69) is 15.0 Å². The van der Waals surface area contributed by atoms with Crippen LogP contribution in [0.1, 0.15) is 0 Å². The van der Waals surface area contributed by atoms with Crippen LogP contribution >= 0.6 is 11.3 Å². The van der Waals surface area contributed by atoms with E-state index in [-0.39, 0.29) is 4.90 Å². The highest BCUT2D eigenvalue weighted by molar-refractivity contribution is 7.92. The van der Waals surface area contributed by atoms with E-state index >= 15 is 0 Å². The molecule has 0 aliphatic carbocycles. The summed E-state index contributed by atoms with van der Waals surface area (Å²) in [6.07, 6.45) is 0. The second kappa shape index (κ2) is 7.84. The monoisotopic (exact) mass is 407 g/mol. The molecule has 0 fully saturated rings. The number of hydrogen-bond donors (Lipinski definition) is 2. The predicted molar refractivity (Wildman–Crippen MR) is 115 cm³/mol. The van der Waals surface area contributed by atoms with Crippen molar-refractivity contribution in [1.82, 2.24) is 4.98 Å². The van der Waals surface area contributed by atoms with Gasteiger partial charge in [0.2, 0.25) is 0 Å². The minimum Gasteiger partial charge on any atom is -0.332 e. The molecule has 4 aromatic rings. The molecule has 2 N–H and O–H groups in total. The lowest BCUT2D eigenvalue weighted by Gasteiger charge is -2.08. The first kappa shape index (κ1) is 18.2. The Morgan fingerprint density at radius 3 is 2.00 bits per heavy atom. The third kappa shape index (κ3) is 4.21. The SMILES string of the molecule is O=S(=O)(Nc1ccccc1)c1ccc(-c2csc(Nc3ccccc3)n2)cc1. The smallest absolute Gasteiger partial charge is 0.261 e. The number of para-hydroxylation sites is 2. The van der Waals surface area contributed by atoms with Gasteiger partial charge >= 0.3 is 0 Å². The van der Waals surface area contributed by atoms with E-state index in [1.165, 1.54) is 11.3 Å². The number of benzene rings is 3. The van der Waals surface area contributed by atoms with Gasteiger partial charge in [0.1, 0.15) is 0 Å². The number of rotatable bonds is 6. The van der Waals surface area contributed by atoms with Crippen molar-refractivity contribution in [1.29, 1.82) is 0 Å². The summed E-state index contributed by atoms with van der Waals surface area (Å²) in [4.78, 5) is 4.78. The number of hydrogen-bond acceptors (Lipinski definition) is 5. The van der Waals surface area contributed by atoms with Crippen LogP contribution in [0.3, 0.4) is 0 Å². The Morgan fingerprint density at radius 2 is 1.36 bits per heavy atom. The molecule has 3 aromatic carbocycles. The summed E-state index contributed by atoms with van der Waals surface area (Å²) in [5.74, 6) is 0. The van der Waals surface area contributed by atoms with Crippen molar-refractivity contribution in [3.8, 4) is 11.3 Å². The first-order valence-corrected chi connectivity index (χ1v) is 10.9. The molecule has 0 saturated heterocycles. The molecule has 28 heavy (non-hydrogen) atoms. The molecule has 0 atom stereocenters. The normalized spacial score (nSPS) is 11.1. The van der Waals surface area contributed by atoms with Crippen molar-refractivity contribution in [2.45, 2.75) is 4.90 Å². The zero-order valence-electron chi connectivity index (χ0n) is 14.7. The molecule has 0 radical (unpaired) electrons. The Balaban J connectivity index is 1.50. The van der Waals surface area contributed by atoms with Gasteiger partial charge in [0.25, 0.3) is 10.0 Å². The van der Waals surface area contributed by atoms with Crippen LogP contribution in [0.5, 0.6) is 0 Å². The third-order valence-corrected chi connectivity index (χ3v) is 6.17. The molecule has 7 heteroatoms. The largest absolute Gasteiger partial charge is 0.332 e. The Hall–Kier alpha value is -3.16. The summed E-state index contributed by atoms with van der Waals surface area (Å²) in [6, 6.07) is 25.3. The molecule has 0 unspecified atom stereocenters. The van der Waals surface area contributed by atoms with Gasteiger partial charge in [0.15, 0.2) is 5.13 Å². The van der Waals surface area contributed by atoms with E-state index in [4.69, 9.17) is 0 Å². The second-order valence-electron chi connectivity index (χ2n) is 6.02. The fourth-order valence-corrected chi connectivity index (χ4v) is 4.43. The van der Waals surface area contributed by atoms with Gasteiger partial charge in [-0.05, 0) is 36.4 Å². The van der Waals surface area contributed by atoms with Crippen LogP contribution in [-0.2, 0) is 10.0 Å². The average molecular weight is 408 g/mol. The van der Waals surface area contributed by atoms with Crippen LogP contribution in [0.4, 0.5) is 16.5 Å². The van der Waals surface area contributed by atoms with E-state index in [0.717, 1.165) is 22.1 Å². The summed E-state index contributed by atoms with van der Waals surface area (Å²) in [5.41, 5.74) is 3.15. The molecule has 140 valence electrons. The lowest BCUT2D eigenvalue weighted by Crippen LogP contribution is -2.12. The number of sulfonamides is 1. The highest BCUT2D eigenvalue weighted by atomic mass is 32.2. The van der Waals surface area contributed by atoms with Crippen molar-refractivity contribution in [3.05, 3.63) is 90.3 Å². The molecular formula is C21H17N3O2S2. The van der Waals surface area contributed by atoms with Crippen LogP contribution < -0.4 is 10.0 Å². The lowest BCUT2D eigenvalue weighted by atomic mass is 10.2. The Labute approximate surface area is 167 Å².